The molecule has 0 bridgehead atoms. The van der Waals surface area contributed by atoms with Gasteiger partial charge in [0.2, 0.25) is 0 Å². The first-order chi connectivity index (χ1) is 15.0. The Balaban J connectivity index is 1.60. The molecule has 12 heteroatoms. The van der Waals surface area contributed by atoms with Gasteiger partial charge in [-0.15, -0.1) is 18.3 Å². The average molecular weight is 458 g/mol. The van der Waals surface area contributed by atoms with Crippen molar-refractivity contribution >= 4 is 10.9 Å². The normalized spacial score (nSPS) is 17.8. The van der Waals surface area contributed by atoms with Crippen molar-refractivity contribution in [1.29, 1.82) is 0 Å². The van der Waals surface area contributed by atoms with E-state index in [4.69, 9.17) is 0 Å². The minimum absolute atomic E-state index is 0.0277. The Morgan fingerprint density at radius 3 is 2.34 bits per heavy atom. The van der Waals surface area contributed by atoms with Crippen LogP contribution in [0.2, 0.25) is 0 Å². The van der Waals surface area contributed by atoms with Crippen LogP contribution in [0.3, 0.4) is 0 Å². The highest BCUT2D eigenvalue weighted by Gasteiger charge is 2.35. The van der Waals surface area contributed by atoms with E-state index in [1.165, 1.54) is 23.1 Å². The van der Waals surface area contributed by atoms with Crippen molar-refractivity contribution in [2.75, 3.05) is 19.6 Å². The third-order valence-corrected chi connectivity index (χ3v) is 5.10. The number of ether oxygens (including phenoxy) is 1. The number of benzene rings is 2. The van der Waals surface area contributed by atoms with Gasteiger partial charge in [0.25, 0.3) is 5.56 Å². The zero-order chi connectivity index (χ0) is 23.1. The number of aromatic nitrogens is 3. The van der Waals surface area contributed by atoms with Crippen molar-refractivity contribution in [1.82, 2.24) is 19.9 Å². The van der Waals surface area contributed by atoms with E-state index in [0.29, 0.717) is 23.1 Å². The molecular formula is C20H16F6N4O2. The fraction of sp³-hybridized carbons (Fsp3) is 0.350. The quantitative estimate of drug-likeness (QED) is 0.550. The molecule has 2 aromatic carbocycles. The number of hydrogen-bond donors (Lipinski definition) is 0. The lowest BCUT2D eigenvalue weighted by atomic mass is 10.0. The summed E-state index contributed by atoms with van der Waals surface area (Å²) >= 11 is 0. The van der Waals surface area contributed by atoms with E-state index in [9.17, 15) is 31.1 Å². The van der Waals surface area contributed by atoms with Crippen LogP contribution in [-0.4, -0.2) is 52.1 Å². The zero-order valence-corrected chi connectivity index (χ0v) is 16.3. The molecule has 1 fully saturated rings. The number of fused-ring (bicyclic) bond motifs is 1. The van der Waals surface area contributed by atoms with E-state index < -0.39 is 30.7 Å². The molecule has 1 atom stereocenters. The van der Waals surface area contributed by atoms with Crippen LogP contribution in [0.15, 0.2) is 47.3 Å². The molecular weight excluding hydrogens is 442 g/mol. The number of hydrogen-bond acceptors (Lipinski definition) is 5. The van der Waals surface area contributed by atoms with Gasteiger partial charge in [0, 0.05) is 13.1 Å². The van der Waals surface area contributed by atoms with Crippen LogP contribution in [0, 0.1) is 0 Å². The Kier molecular flexibility index (Phi) is 5.57. The molecule has 1 saturated heterocycles. The topological polar surface area (TPSA) is 60.2 Å². The lowest BCUT2D eigenvalue weighted by Gasteiger charge is -2.18. The summed E-state index contributed by atoms with van der Waals surface area (Å²) in [4.78, 5) is 14.2. The highest BCUT2D eigenvalue weighted by atomic mass is 19.4. The summed E-state index contributed by atoms with van der Waals surface area (Å²) < 4.78 is 79.8. The van der Waals surface area contributed by atoms with Crippen molar-refractivity contribution in [3.05, 3.63) is 52.8 Å². The van der Waals surface area contributed by atoms with Gasteiger partial charge in [0.1, 0.15) is 11.3 Å². The third-order valence-electron chi connectivity index (χ3n) is 5.10. The molecule has 0 N–H and O–H groups in total. The molecule has 2 heterocycles. The van der Waals surface area contributed by atoms with Crippen LogP contribution in [0.5, 0.6) is 5.75 Å². The van der Waals surface area contributed by atoms with Gasteiger partial charge in [-0.05, 0) is 41.8 Å². The maximum Gasteiger partial charge on any atom is 0.573 e. The van der Waals surface area contributed by atoms with Gasteiger partial charge in [-0.3, -0.25) is 9.69 Å². The molecule has 4 rings (SSSR count). The molecule has 1 aliphatic rings. The summed E-state index contributed by atoms with van der Waals surface area (Å²) in [6, 6.07) is 9.33. The molecule has 3 aromatic rings. The lowest BCUT2D eigenvalue weighted by Crippen LogP contribution is -2.34. The van der Waals surface area contributed by atoms with Gasteiger partial charge in [-0.25, -0.2) is 4.68 Å². The van der Waals surface area contributed by atoms with Crippen molar-refractivity contribution < 1.29 is 31.1 Å². The number of nitrogens with zero attached hydrogens (tertiary/aromatic N) is 4. The fourth-order valence-corrected chi connectivity index (χ4v) is 3.73. The Morgan fingerprint density at radius 2 is 1.69 bits per heavy atom. The number of rotatable bonds is 4. The predicted molar refractivity (Wildman–Crippen MR) is 102 cm³/mol. The molecule has 1 aliphatic heterocycles. The molecule has 32 heavy (non-hydrogen) atoms. The molecule has 0 spiro atoms. The smallest absolute Gasteiger partial charge is 0.406 e. The van der Waals surface area contributed by atoms with E-state index in [-0.39, 0.29) is 24.2 Å². The van der Waals surface area contributed by atoms with Crippen LogP contribution < -0.4 is 10.3 Å². The number of halogens is 6. The van der Waals surface area contributed by atoms with Crippen molar-refractivity contribution in [2.24, 2.45) is 0 Å². The Morgan fingerprint density at radius 1 is 1.00 bits per heavy atom. The SMILES string of the molecule is O=c1c2cc(-c3ccc(OC(F)(F)F)cc3)ccc2nnn1[C@@H]1CCN(CC(F)(F)F)C1. The van der Waals surface area contributed by atoms with E-state index in [2.05, 4.69) is 15.0 Å². The van der Waals surface area contributed by atoms with Crippen LogP contribution in [-0.2, 0) is 0 Å². The average Bonchev–Trinajstić information content (AvgIpc) is 3.14. The largest absolute Gasteiger partial charge is 0.573 e. The van der Waals surface area contributed by atoms with Gasteiger partial charge >= 0.3 is 12.5 Å². The molecule has 6 nitrogen and oxygen atoms in total. The van der Waals surface area contributed by atoms with E-state index >= 15 is 0 Å². The van der Waals surface area contributed by atoms with Crippen molar-refractivity contribution in [3.8, 4) is 16.9 Å². The van der Waals surface area contributed by atoms with Crippen LogP contribution >= 0.6 is 0 Å². The first-order valence-corrected chi connectivity index (χ1v) is 9.53. The molecule has 0 amide bonds. The molecule has 0 aliphatic carbocycles. The molecule has 0 radical (unpaired) electrons. The monoisotopic (exact) mass is 458 g/mol. The highest BCUT2D eigenvalue weighted by Crippen LogP contribution is 2.28. The van der Waals surface area contributed by atoms with E-state index in [1.807, 2.05) is 0 Å². The number of alkyl halides is 6. The van der Waals surface area contributed by atoms with Gasteiger partial charge in [0.05, 0.1) is 18.0 Å². The standard InChI is InChI=1S/C20H16F6N4O2/c21-19(22,23)11-29-8-7-14(10-29)30-18(31)16-9-13(3-6-17(16)27-28-30)12-1-4-15(5-2-12)32-20(24,25)26/h1-6,9,14H,7-8,10-11H2/t14-/m1/s1. The summed E-state index contributed by atoms with van der Waals surface area (Å²) in [5, 5.41) is 8.10. The summed E-state index contributed by atoms with van der Waals surface area (Å²) in [6.07, 6.45) is -8.80. The van der Waals surface area contributed by atoms with Gasteiger partial charge in [0.15, 0.2) is 0 Å². The Bertz CT molecular complexity index is 1170. The summed E-state index contributed by atoms with van der Waals surface area (Å²) in [7, 11) is 0. The minimum Gasteiger partial charge on any atom is -0.406 e. The van der Waals surface area contributed by atoms with Gasteiger partial charge < -0.3 is 4.74 Å². The van der Waals surface area contributed by atoms with Crippen molar-refractivity contribution in [2.45, 2.75) is 25.0 Å². The Hall–Kier alpha value is -3.15. The first-order valence-electron chi connectivity index (χ1n) is 9.53. The predicted octanol–water partition coefficient (Wildman–Crippen LogP) is 4.17. The second-order valence-corrected chi connectivity index (χ2v) is 7.44. The molecule has 170 valence electrons. The lowest BCUT2D eigenvalue weighted by molar-refractivity contribution is -0.274. The minimum atomic E-state index is -4.80. The van der Waals surface area contributed by atoms with E-state index in [1.54, 1.807) is 12.1 Å². The van der Waals surface area contributed by atoms with Gasteiger partial charge in [-0.2, -0.15) is 13.2 Å². The Labute approximate surface area is 177 Å². The van der Waals surface area contributed by atoms with E-state index in [0.717, 1.165) is 16.8 Å². The molecule has 0 saturated carbocycles. The first kappa shape index (κ1) is 22.1. The second kappa shape index (κ2) is 8.08. The fourth-order valence-electron chi connectivity index (χ4n) is 3.73. The summed E-state index contributed by atoms with van der Waals surface area (Å²) in [6.45, 7) is -0.847. The molecule has 1 aromatic heterocycles. The zero-order valence-electron chi connectivity index (χ0n) is 16.3. The highest BCUT2D eigenvalue weighted by molar-refractivity contribution is 5.83. The van der Waals surface area contributed by atoms with Crippen LogP contribution in [0.25, 0.3) is 22.0 Å². The van der Waals surface area contributed by atoms with Crippen LogP contribution in [0.4, 0.5) is 26.3 Å². The van der Waals surface area contributed by atoms with Gasteiger partial charge in [-0.1, -0.05) is 23.4 Å². The second-order valence-electron chi connectivity index (χ2n) is 7.44. The maximum absolute atomic E-state index is 13.0. The third kappa shape index (κ3) is 5.01. The summed E-state index contributed by atoms with van der Waals surface area (Å²) in [5.74, 6) is -0.375. The van der Waals surface area contributed by atoms with Crippen LogP contribution in [0.1, 0.15) is 12.5 Å². The number of likely N-dealkylation sites (tertiary alicyclic amines) is 1. The maximum atomic E-state index is 13.0. The summed E-state index contributed by atoms with van der Waals surface area (Å²) in [5.41, 5.74) is 0.907. The molecule has 0 unspecified atom stereocenters. The van der Waals surface area contributed by atoms with Crippen molar-refractivity contribution in [3.63, 3.8) is 0 Å².